The molecule has 2 aliphatic heterocycles. The van der Waals surface area contributed by atoms with Crippen molar-refractivity contribution in [3.05, 3.63) is 74.8 Å². The molecule has 1 unspecified atom stereocenters. The van der Waals surface area contributed by atoms with Crippen molar-refractivity contribution in [2.45, 2.75) is 49.9 Å². The molecular weight excluding hydrogens is 851 g/mol. The van der Waals surface area contributed by atoms with Crippen molar-refractivity contribution in [1.82, 2.24) is 35.7 Å². The van der Waals surface area contributed by atoms with E-state index in [1.54, 1.807) is 0 Å². The number of hydrogen-bond donors (Lipinski definition) is 5. The molecule has 3 amide bonds. The van der Waals surface area contributed by atoms with Crippen molar-refractivity contribution in [2.24, 2.45) is 0 Å². The molecule has 61 heavy (non-hydrogen) atoms. The standard InChI is InChI=1S/C36H31N7O16S2/c1-14-24(28(50)20-8-9-21(58-15(2)44)30(29(20)57-14)59-16(3)45)31(51)37-25(17-4-6-19(7-5-17)56-11-23(48)49)32(52)38-26-33(53)43-27(35(54)55)18(12-60-34(26)43)13-61-36-39-40-41-42(36)10-22(46)47/h4-9,25-26,34H,10-13H2,1-3H3,(H,37,51)(H,38,52)(H,46,47)(H,48,49)(H,54,55)/t25?,26-,34-/m0/s1. The van der Waals surface area contributed by atoms with Gasteiger partial charge in [-0.1, -0.05) is 23.9 Å². The average molecular weight is 882 g/mol. The fourth-order valence-electron chi connectivity index (χ4n) is 6.18. The number of hydrogen-bond acceptors (Lipinski definition) is 18. The maximum absolute atomic E-state index is 14.1. The number of aromatic nitrogens is 4. The molecule has 1 saturated heterocycles. The van der Waals surface area contributed by atoms with Crippen molar-refractivity contribution in [2.75, 3.05) is 18.1 Å². The topological polar surface area (TPSA) is 326 Å². The molecule has 4 heterocycles. The van der Waals surface area contributed by atoms with Gasteiger partial charge in [0, 0.05) is 25.4 Å². The Morgan fingerprint density at radius 2 is 1.69 bits per heavy atom. The zero-order chi connectivity index (χ0) is 44.3. The van der Waals surface area contributed by atoms with Gasteiger partial charge in [0.1, 0.15) is 46.8 Å². The molecule has 318 valence electrons. The molecule has 2 aromatic heterocycles. The highest BCUT2D eigenvalue weighted by atomic mass is 32.2. The number of aliphatic carboxylic acids is 3. The van der Waals surface area contributed by atoms with Crippen LogP contribution in [-0.4, -0.2) is 118 Å². The first-order valence-electron chi connectivity index (χ1n) is 17.5. The van der Waals surface area contributed by atoms with E-state index in [0.717, 1.165) is 53.0 Å². The number of carbonyl (C=O) groups excluding carboxylic acids is 5. The molecule has 0 spiro atoms. The highest BCUT2D eigenvalue weighted by Crippen LogP contribution is 2.42. The van der Waals surface area contributed by atoms with Crippen molar-refractivity contribution in [1.29, 1.82) is 0 Å². The smallest absolute Gasteiger partial charge is 0.352 e. The van der Waals surface area contributed by atoms with Crippen molar-refractivity contribution in [3.63, 3.8) is 0 Å². The van der Waals surface area contributed by atoms with Gasteiger partial charge < -0.3 is 44.6 Å². The van der Waals surface area contributed by atoms with Crippen LogP contribution in [0.2, 0.25) is 0 Å². The van der Waals surface area contributed by atoms with E-state index < -0.39 is 94.9 Å². The number of fused-ring (bicyclic) bond motifs is 2. The first kappa shape index (κ1) is 43.3. The molecule has 0 aliphatic carbocycles. The van der Waals surface area contributed by atoms with Gasteiger partial charge >= 0.3 is 29.8 Å². The average Bonchev–Trinajstić information content (AvgIpc) is 3.63. The summed E-state index contributed by atoms with van der Waals surface area (Å²) in [6.07, 6.45) is 0. The number of carboxylic acids is 3. The van der Waals surface area contributed by atoms with Crippen molar-refractivity contribution < 1.29 is 72.3 Å². The minimum absolute atomic E-state index is 0.0248. The van der Waals surface area contributed by atoms with Crippen LogP contribution in [0.15, 0.2) is 62.0 Å². The molecule has 0 saturated carbocycles. The van der Waals surface area contributed by atoms with Gasteiger partial charge in [0.2, 0.25) is 22.2 Å². The Bertz CT molecular complexity index is 2610. The number of carboxylic acid groups (broad SMARTS) is 3. The van der Waals surface area contributed by atoms with Crippen LogP contribution in [0.25, 0.3) is 11.0 Å². The predicted molar refractivity (Wildman–Crippen MR) is 205 cm³/mol. The van der Waals surface area contributed by atoms with Crippen LogP contribution in [0, 0.1) is 6.92 Å². The lowest BCUT2D eigenvalue weighted by Crippen LogP contribution is -2.71. The van der Waals surface area contributed by atoms with Crippen LogP contribution in [0.3, 0.4) is 0 Å². The van der Waals surface area contributed by atoms with Gasteiger partial charge in [-0.25, -0.2) is 14.3 Å². The number of nitrogens with zero attached hydrogens (tertiary/aromatic N) is 5. The fraction of sp³-hybridized carbons (Fsp3) is 0.278. The molecule has 6 rings (SSSR count). The number of aryl methyl sites for hydroxylation is 1. The van der Waals surface area contributed by atoms with E-state index >= 15 is 0 Å². The summed E-state index contributed by atoms with van der Waals surface area (Å²) in [4.78, 5) is 115. The Hall–Kier alpha value is -7.28. The third-order valence-corrected chi connectivity index (χ3v) is 11.1. The molecule has 0 radical (unpaired) electrons. The van der Waals surface area contributed by atoms with Crippen LogP contribution in [0.1, 0.15) is 41.6 Å². The molecule has 23 nitrogen and oxygen atoms in total. The molecule has 3 atom stereocenters. The molecule has 5 N–H and O–H groups in total. The number of rotatable bonds is 16. The summed E-state index contributed by atoms with van der Waals surface area (Å²) < 4.78 is 22.3. The molecule has 2 aromatic carbocycles. The first-order chi connectivity index (χ1) is 28.9. The normalized spacial score (nSPS) is 16.2. The second-order valence-electron chi connectivity index (χ2n) is 12.9. The van der Waals surface area contributed by atoms with Crippen LogP contribution in [-0.2, 0) is 40.1 Å². The van der Waals surface area contributed by atoms with E-state index in [-0.39, 0.29) is 56.2 Å². The first-order valence-corrected chi connectivity index (χ1v) is 19.5. The van der Waals surface area contributed by atoms with Crippen LogP contribution < -0.4 is 30.3 Å². The Balaban J connectivity index is 1.28. The Kier molecular flexibility index (Phi) is 12.7. The quantitative estimate of drug-likeness (QED) is 0.0442. The van der Waals surface area contributed by atoms with Gasteiger partial charge in [-0.2, -0.15) is 0 Å². The molecule has 25 heteroatoms. The maximum Gasteiger partial charge on any atom is 0.352 e. The second kappa shape index (κ2) is 17.9. The number of benzene rings is 2. The van der Waals surface area contributed by atoms with E-state index in [9.17, 15) is 48.3 Å². The van der Waals surface area contributed by atoms with E-state index in [1.165, 1.54) is 37.3 Å². The third kappa shape index (κ3) is 9.31. The zero-order valence-electron chi connectivity index (χ0n) is 31.7. The van der Waals surface area contributed by atoms with Gasteiger partial charge in [0.05, 0.1) is 5.39 Å². The lowest BCUT2D eigenvalue weighted by atomic mass is 10.0. The number of ether oxygens (including phenoxy) is 3. The van der Waals surface area contributed by atoms with Crippen molar-refractivity contribution in [3.8, 4) is 17.2 Å². The monoisotopic (exact) mass is 881 g/mol. The minimum Gasteiger partial charge on any atom is -0.482 e. The van der Waals surface area contributed by atoms with Gasteiger partial charge in [0.25, 0.3) is 11.8 Å². The summed E-state index contributed by atoms with van der Waals surface area (Å²) in [6, 6.07) is 4.67. The molecule has 2 aliphatic rings. The highest BCUT2D eigenvalue weighted by molar-refractivity contribution is 8.01. The van der Waals surface area contributed by atoms with E-state index in [2.05, 4.69) is 26.2 Å². The second-order valence-corrected chi connectivity index (χ2v) is 15.0. The summed E-state index contributed by atoms with van der Waals surface area (Å²) in [5, 5.41) is 43.0. The van der Waals surface area contributed by atoms with Gasteiger partial charge in [-0.3, -0.25) is 38.5 Å². The lowest BCUT2D eigenvalue weighted by Gasteiger charge is -2.49. The molecule has 1 fully saturated rings. The van der Waals surface area contributed by atoms with Crippen LogP contribution in [0.4, 0.5) is 0 Å². The van der Waals surface area contributed by atoms with Gasteiger partial charge in [-0.15, -0.1) is 16.9 Å². The minimum atomic E-state index is -1.65. The number of nitrogens with one attached hydrogen (secondary N) is 2. The number of esters is 2. The predicted octanol–water partition coefficient (Wildman–Crippen LogP) is 0.489. The lowest BCUT2D eigenvalue weighted by molar-refractivity contribution is -0.151. The summed E-state index contributed by atoms with van der Waals surface area (Å²) >= 11 is 2.09. The number of amides is 3. The van der Waals surface area contributed by atoms with Crippen LogP contribution in [0.5, 0.6) is 17.2 Å². The Labute approximate surface area is 349 Å². The SMILES string of the molecule is CC(=O)Oc1ccc2c(=O)c(C(=O)NC(C(=O)N[C@H]3C(=O)N4C(C(=O)O)=C(CSc5nnnn5CC(=O)O)CS[C@@H]34)c3ccc(OCC(=O)O)cc3)c(C)oc2c1OC(C)=O. The number of thioether (sulfide) groups is 2. The fourth-order valence-corrected chi connectivity index (χ4v) is 8.54. The Morgan fingerprint density at radius 1 is 0.984 bits per heavy atom. The number of tetrazole rings is 1. The molecule has 0 bridgehead atoms. The molecular formula is C36H31N7O16S2. The largest absolute Gasteiger partial charge is 0.482 e. The van der Waals surface area contributed by atoms with E-state index in [4.69, 9.17) is 28.8 Å². The zero-order valence-corrected chi connectivity index (χ0v) is 33.4. The Morgan fingerprint density at radius 3 is 2.33 bits per heavy atom. The summed E-state index contributed by atoms with van der Waals surface area (Å²) in [7, 11) is 0. The number of carbonyl (C=O) groups is 8. The summed E-state index contributed by atoms with van der Waals surface area (Å²) in [5.41, 5.74) is -1.81. The van der Waals surface area contributed by atoms with E-state index in [1.807, 2.05) is 0 Å². The van der Waals surface area contributed by atoms with E-state index in [0.29, 0.717) is 5.57 Å². The van der Waals surface area contributed by atoms with Crippen molar-refractivity contribution >= 4 is 82.1 Å². The van der Waals surface area contributed by atoms with Gasteiger partial charge in [0.15, 0.2) is 17.9 Å². The third-order valence-electron chi connectivity index (χ3n) is 8.70. The summed E-state index contributed by atoms with van der Waals surface area (Å²) in [6.45, 7) is 2.17. The van der Waals surface area contributed by atoms with Crippen LogP contribution >= 0.6 is 23.5 Å². The maximum atomic E-state index is 14.1. The summed E-state index contributed by atoms with van der Waals surface area (Å²) in [5.74, 6) is -9.24. The van der Waals surface area contributed by atoms with Gasteiger partial charge in [-0.05, 0) is 52.8 Å². The number of β-lactam (4-membered cyclic amide) rings is 1. The molecule has 4 aromatic rings. The highest BCUT2D eigenvalue weighted by Gasteiger charge is 2.54.